The van der Waals surface area contributed by atoms with E-state index in [1.807, 2.05) is 55.5 Å². The Morgan fingerprint density at radius 2 is 1.78 bits per heavy atom. The molecule has 0 saturated heterocycles. The van der Waals surface area contributed by atoms with E-state index in [1.165, 1.54) is 11.8 Å². The Hall–Kier alpha value is -2.60. The van der Waals surface area contributed by atoms with Crippen LogP contribution in [0.15, 0.2) is 64.5 Å². The van der Waals surface area contributed by atoms with Crippen molar-refractivity contribution < 1.29 is 4.79 Å². The lowest BCUT2D eigenvalue weighted by Crippen LogP contribution is -2.28. The fourth-order valence-electron chi connectivity index (χ4n) is 2.89. The smallest absolute Gasteiger partial charge is 0.262 e. The Bertz CT molecular complexity index is 999. The summed E-state index contributed by atoms with van der Waals surface area (Å²) in [5.41, 5.74) is 1.49. The fourth-order valence-corrected chi connectivity index (χ4v) is 4.16. The second-order valence-corrected chi connectivity index (χ2v) is 7.58. The second kappa shape index (κ2) is 8.39. The summed E-state index contributed by atoms with van der Waals surface area (Å²) in [6.45, 7) is 2.59. The van der Waals surface area contributed by atoms with Crippen LogP contribution in [0.25, 0.3) is 10.9 Å². The van der Waals surface area contributed by atoms with Gasteiger partial charge in [-0.1, -0.05) is 61.2 Å². The van der Waals surface area contributed by atoms with Crippen molar-refractivity contribution in [1.82, 2.24) is 14.5 Å². The van der Waals surface area contributed by atoms with Crippen LogP contribution in [0.3, 0.4) is 0 Å². The third kappa shape index (κ3) is 4.06. The number of thioether (sulfide) groups is 1. The van der Waals surface area contributed by atoms with Crippen molar-refractivity contribution in [2.24, 2.45) is 0 Å². The molecular formula is C21H23N3O2S. The Morgan fingerprint density at radius 1 is 1.11 bits per heavy atom. The highest BCUT2D eigenvalue weighted by molar-refractivity contribution is 8.00. The number of nitrogens with zero attached hydrogens (tertiary/aromatic N) is 3. The van der Waals surface area contributed by atoms with Crippen molar-refractivity contribution in [1.29, 1.82) is 0 Å². The van der Waals surface area contributed by atoms with Crippen LogP contribution < -0.4 is 5.56 Å². The topological polar surface area (TPSA) is 55.2 Å². The van der Waals surface area contributed by atoms with Crippen LogP contribution in [0.4, 0.5) is 0 Å². The third-order valence-electron chi connectivity index (χ3n) is 4.26. The number of hydrogen-bond donors (Lipinski definition) is 0. The summed E-state index contributed by atoms with van der Waals surface area (Å²) in [7, 11) is 3.48. The third-order valence-corrected chi connectivity index (χ3v) is 5.50. The maximum Gasteiger partial charge on any atom is 0.262 e. The molecule has 1 atom stereocenters. The van der Waals surface area contributed by atoms with Crippen molar-refractivity contribution in [3.63, 3.8) is 0 Å². The van der Waals surface area contributed by atoms with Gasteiger partial charge in [0.05, 0.1) is 10.9 Å². The normalized spacial score (nSPS) is 12.1. The zero-order valence-electron chi connectivity index (χ0n) is 15.8. The Balaban J connectivity index is 2.13. The number of para-hydroxylation sites is 1. The van der Waals surface area contributed by atoms with E-state index in [1.54, 1.807) is 29.6 Å². The molecule has 3 rings (SSSR count). The van der Waals surface area contributed by atoms with Crippen molar-refractivity contribution in [2.75, 3.05) is 14.1 Å². The average Bonchev–Trinajstić information content (AvgIpc) is 2.69. The molecule has 0 aliphatic rings. The zero-order chi connectivity index (χ0) is 19.4. The highest BCUT2D eigenvalue weighted by Gasteiger charge is 2.26. The van der Waals surface area contributed by atoms with E-state index in [4.69, 9.17) is 4.98 Å². The highest BCUT2D eigenvalue weighted by atomic mass is 32.2. The predicted octanol–water partition coefficient (Wildman–Crippen LogP) is 3.73. The minimum absolute atomic E-state index is 0.0309. The van der Waals surface area contributed by atoms with E-state index >= 15 is 0 Å². The van der Waals surface area contributed by atoms with Crippen LogP contribution in [0.1, 0.15) is 24.2 Å². The minimum Gasteiger partial charge on any atom is -0.348 e. The van der Waals surface area contributed by atoms with Gasteiger partial charge < -0.3 is 4.90 Å². The molecule has 0 fully saturated rings. The van der Waals surface area contributed by atoms with Gasteiger partial charge in [0.25, 0.3) is 5.56 Å². The first-order valence-corrected chi connectivity index (χ1v) is 9.83. The SMILES string of the molecule is CCCn1c(SC(C(=O)N(C)C)c2ccccc2)nc2ccccc2c1=O. The summed E-state index contributed by atoms with van der Waals surface area (Å²) in [6.07, 6.45) is 0.811. The van der Waals surface area contributed by atoms with Gasteiger partial charge in [0.2, 0.25) is 5.91 Å². The van der Waals surface area contributed by atoms with Gasteiger partial charge in [-0.15, -0.1) is 0 Å². The summed E-state index contributed by atoms with van der Waals surface area (Å²) in [6, 6.07) is 17.0. The number of aromatic nitrogens is 2. The van der Waals surface area contributed by atoms with Crippen LogP contribution in [-0.2, 0) is 11.3 Å². The number of amides is 1. The van der Waals surface area contributed by atoms with Crippen LogP contribution in [0.2, 0.25) is 0 Å². The van der Waals surface area contributed by atoms with Crippen LogP contribution in [0, 0.1) is 0 Å². The maximum atomic E-state index is 13.0. The summed E-state index contributed by atoms with van der Waals surface area (Å²) in [4.78, 5) is 32.1. The quantitative estimate of drug-likeness (QED) is 0.482. The molecule has 0 aliphatic heterocycles. The first-order valence-electron chi connectivity index (χ1n) is 8.95. The Kier molecular flexibility index (Phi) is 5.96. The molecule has 2 aromatic carbocycles. The second-order valence-electron chi connectivity index (χ2n) is 6.51. The lowest BCUT2D eigenvalue weighted by molar-refractivity contribution is -0.128. The van der Waals surface area contributed by atoms with E-state index in [-0.39, 0.29) is 11.5 Å². The molecule has 0 bridgehead atoms. The van der Waals surface area contributed by atoms with Gasteiger partial charge in [-0.2, -0.15) is 0 Å². The molecule has 27 heavy (non-hydrogen) atoms. The monoisotopic (exact) mass is 381 g/mol. The van der Waals surface area contributed by atoms with Gasteiger partial charge in [0.15, 0.2) is 5.16 Å². The number of hydrogen-bond acceptors (Lipinski definition) is 4. The minimum atomic E-state index is -0.461. The van der Waals surface area contributed by atoms with E-state index in [2.05, 4.69) is 0 Å². The van der Waals surface area contributed by atoms with Crippen LogP contribution >= 0.6 is 11.8 Å². The first kappa shape index (κ1) is 19.2. The van der Waals surface area contributed by atoms with E-state index in [0.29, 0.717) is 22.6 Å². The lowest BCUT2D eigenvalue weighted by Gasteiger charge is -2.22. The van der Waals surface area contributed by atoms with Crippen molar-refractivity contribution >= 4 is 28.6 Å². The zero-order valence-corrected chi connectivity index (χ0v) is 16.6. The molecule has 0 radical (unpaired) electrons. The fraction of sp³-hybridized carbons (Fsp3) is 0.286. The molecule has 0 spiro atoms. The van der Waals surface area contributed by atoms with Gasteiger partial charge in [-0.25, -0.2) is 4.98 Å². The number of carbonyl (C=O) groups excluding carboxylic acids is 1. The standard InChI is InChI=1S/C21H23N3O2S/c1-4-14-24-19(25)16-12-8-9-13-17(16)22-21(24)27-18(20(26)23(2)3)15-10-6-5-7-11-15/h5-13,18H,4,14H2,1-3H3. The van der Waals surface area contributed by atoms with Crippen molar-refractivity contribution in [2.45, 2.75) is 30.3 Å². The summed E-state index contributed by atoms with van der Waals surface area (Å²) < 4.78 is 1.69. The number of rotatable bonds is 6. The average molecular weight is 382 g/mol. The molecule has 140 valence electrons. The molecule has 5 nitrogen and oxygen atoms in total. The molecule has 1 amide bonds. The Labute approximate surface area is 163 Å². The van der Waals surface area contributed by atoms with Crippen molar-refractivity contribution in [3.8, 4) is 0 Å². The van der Waals surface area contributed by atoms with Gasteiger partial charge in [-0.05, 0) is 24.1 Å². The molecular weight excluding hydrogens is 358 g/mol. The van der Waals surface area contributed by atoms with Crippen LogP contribution in [0.5, 0.6) is 0 Å². The highest BCUT2D eigenvalue weighted by Crippen LogP contribution is 2.35. The predicted molar refractivity (Wildman–Crippen MR) is 110 cm³/mol. The van der Waals surface area contributed by atoms with E-state index < -0.39 is 5.25 Å². The number of benzene rings is 2. The van der Waals surface area contributed by atoms with Gasteiger partial charge in [0, 0.05) is 20.6 Å². The Morgan fingerprint density at radius 3 is 2.44 bits per heavy atom. The number of likely N-dealkylation sites (N-methyl/N-ethyl adjacent to an activating group) is 1. The lowest BCUT2D eigenvalue weighted by atomic mass is 10.1. The summed E-state index contributed by atoms with van der Waals surface area (Å²) in [5.74, 6) is -0.0309. The summed E-state index contributed by atoms with van der Waals surface area (Å²) >= 11 is 1.33. The molecule has 0 saturated carbocycles. The molecule has 0 N–H and O–H groups in total. The van der Waals surface area contributed by atoms with Crippen molar-refractivity contribution in [3.05, 3.63) is 70.5 Å². The molecule has 1 aromatic heterocycles. The molecule has 6 heteroatoms. The number of carbonyl (C=O) groups is 1. The van der Waals surface area contributed by atoms with Crippen LogP contribution in [-0.4, -0.2) is 34.5 Å². The van der Waals surface area contributed by atoms with Gasteiger partial charge in [-0.3, -0.25) is 14.2 Å². The molecule has 3 aromatic rings. The number of fused-ring (bicyclic) bond motifs is 1. The summed E-state index contributed by atoms with van der Waals surface area (Å²) in [5, 5.41) is 0.715. The van der Waals surface area contributed by atoms with Gasteiger partial charge >= 0.3 is 0 Å². The van der Waals surface area contributed by atoms with Gasteiger partial charge in [0.1, 0.15) is 5.25 Å². The first-order chi connectivity index (χ1) is 13.0. The van der Waals surface area contributed by atoms with E-state index in [9.17, 15) is 9.59 Å². The largest absolute Gasteiger partial charge is 0.348 e. The molecule has 1 heterocycles. The maximum absolute atomic E-state index is 13.0. The van der Waals surface area contributed by atoms with E-state index in [0.717, 1.165) is 12.0 Å². The molecule has 1 unspecified atom stereocenters. The molecule has 0 aliphatic carbocycles.